The fourth-order valence-electron chi connectivity index (χ4n) is 1.62. The number of ether oxygens (including phenoxy) is 1. The highest BCUT2D eigenvalue weighted by atomic mass is 32.2. The Hall–Kier alpha value is -1.62. The third-order valence-corrected chi connectivity index (χ3v) is 3.10. The number of benzene rings is 1. The third kappa shape index (κ3) is 7.66. The number of rotatable bonds is 6. The third-order valence-electron chi connectivity index (χ3n) is 2.37. The monoisotopic (exact) mass is 308 g/mol. The summed E-state index contributed by atoms with van der Waals surface area (Å²) in [5.74, 6) is 0.978. The van der Waals surface area contributed by atoms with Crippen molar-refractivity contribution in [3.63, 3.8) is 0 Å². The summed E-state index contributed by atoms with van der Waals surface area (Å²) in [5, 5.41) is 6.89. The molecule has 1 amide bonds. The van der Waals surface area contributed by atoms with Gasteiger partial charge in [0.05, 0.1) is 5.03 Å². The van der Waals surface area contributed by atoms with Crippen molar-refractivity contribution >= 4 is 23.5 Å². The van der Waals surface area contributed by atoms with E-state index in [9.17, 15) is 4.79 Å². The van der Waals surface area contributed by atoms with Crippen LogP contribution in [0, 0.1) is 0 Å². The number of anilines is 1. The highest BCUT2D eigenvalue weighted by Crippen LogP contribution is 2.18. The number of alkyl carbamates (subject to hydrolysis) is 1. The van der Waals surface area contributed by atoms with Crippen LogP contribution in [0.15, 0.2) is 35.9 Å². The van der Waals surface area contributed by atoms with Crippen molar-refractivity contribution in [3.05, 3.63) is 41.4 Å². The molecule has 0 aliphatic carbocycles. The first kappa shape index (κ1) is 17.4. The van der Waals surface area contributed by atoms with E-state index >= 15 is 0 Å². The van der Waals surface area contributed by atoms with Crippen LogP contribution in [0.2, 0.25) is 0 Å². The van der Waals surface area contributed by atoms with E-state index < -0.39 is 11.7 Å². The second-order valence-corrected chi connectivity index (χ2v) is 6.90. The molecule has 0 atom stereocenters. The number of amides is 1. The normalized spacial score (nSPS) is 10.9. The Bertz CT molecular complexity index is 495. The predicted molar refractivity (Wildman–Crippen MR) is 90.4 cm³/mol. The van der Waals surface area contributed by atoms with Crippen molar-refractivity contribution in [2.75, 3.05) is 11.1 Å². The summed E-state index contributed by atoms with van der Waals surface area (Å²) in [6, 6.07) is 7.85. The Morgan fingerprint density at radius 1 is 1.38 bits per heavy atom. The zero-order chi connectivity index (χ0) is 15.9. The van der Waals surface area contributed by atoms with E-state index in [1.54, 1.807) is 11.8 Å². The van der Waals surface area contributed by atoms with Gasteiger partial charge < -0.3 is 15.4 Å². The molecule has 0 saturated carbocycles. The number of hydrogen-bond donors (Lipinski definition) is 2. The van der Waals surface area contributed by atoms with Crippen LogP contribution in [0.5, 0.6) is 0 Å². The van der Waals surface area contributed by atoms with E-state index in [1.807, 2.05) is 45.0 Å². The fraction of sp³-hybridized carbons (Fsp3) is 0.438. The first-order chi connectivity index (χ1) is 9.80. The molecule has 0 bridgehead atoms. The van der Waals surface area contributed by atoms with Gasteiger partial charge in [-0.3, -0.25) is 0 Å². The molecule has 116 valence electrons. The van der Waals surface area contributed by atoms with Gasteiger partial charge in [0, 0.05) is 12.2 Å². The Balaban J connectivity index is 2.53. The maximum atomic E-state index is 11.6. The van der Waals surface area contributed by atoms with Crippen LogP contribution in [0.25, 0.3) is 0 Å². The zero-order valence-electron chi connectivity index (χ0n) is 13.2. The molecule has 1 aromatic carbocycles. The molecule has 1 rings (SSSR count). The van der Waals surface area contributed by atoms with Crippen molar-refractivity contribution in [1.29, 1.82) is 0 Å². The lowest BCUT2D eigenvalue weighted by atomic mass is 10.2. The van der Waals surface area contributed by atoms with Crippen molar-refractivity contribution < 1.29 is 9.53 Å². The summed E-state index contributed by atoms with van der Waals surface area (Å²) in [7, 11) is 0. The Labute approximate surface area is 131 Å². The van der Waals surface area contributed by atoms with Gasteiger partial charge in [0.25, 0.3) is 0 Å². The van der Waals surface area contributed by atoms with Crippen molar-refractivity contribution in [2.24, 2.45) is 0 Å². The van der Waals surface area contributed by atoms with E-state index in [4.69, 9.17) is 4.74 Å². The molecule has 1 aromatic rings. The maximum absolute atomic E-state index is 11.6. The molecular formula is C16H24N2O2S. The lowest BCUT2D eigenvalue weighted by Gasteiger charge is -2.19. The molecule has 21 heavy (non-hydrogen) atoms. The molecular weight excluding hydrogens is 284 g/mol. The van der Waals surface area contributed by atoms with E-state index in [0.29, 0.717) is 6.54 Å². The van der Waals surface area contributed by atoms with Gasteiger partial charge in [0.1, 0.15) is 5.60 Å². The molecule has 5 heteroatoms. The molecule has 0 fully saturated rings. The Morgan fingerprint density at radius 3 is 2.71 bits per heavy atom. The van der Waals surface area contributed by atoms with E-state index in [1.165, 1.54) is 0 Å². The number of hydrogen-bond acceptors (Lipinski definition) is 4. The highest BCUT2D eigenvalue weighted by Gasteiger charge is 2.15. The molecule has 0 saturated heterocycles. The molecule has 0 spiro atoms. The van der Waals surface area contributed by atoms with Gasteiger partial charge in [-0.25, -0.2) is 4.79 Å². The standard InChI is InChI=1S/C16H24N2O2S/c1-6-21-12(2)18-14-9-7-8-13(10-14)11-17-15(19)20-16(3,4)5/h7-10,18H,2,6,11H2,1,3-5H3,(H,17,19). The average Bonchev–Trinajstić information content (AvgIpc) is 2.35. The van der Waals surface area contributed by atoms with E-state index in [-0.39, 0.29) is 0 Å². The zero-order valence-corrected chi connectivity index (χ0v) is 14.0. The van der Waals surface area contributed by atoms with Crippen LogP contribution in [-0.4, -0.2) is 17.4 Å². The van der Waals surface area contributed by atoms with Crippen LogP contribution >= 0.6 is 11.8 Å². The van der Waals surface area contributed by atoms with Gasteiger partial charge in [-0.05, 0) is 44.2 Å². The number of carbonyl (C=O) groups is 1. The second-order valence-electron chi connectivity index (χ2n) is 5.54. The smallest absolute Gasteiger partial charge is 0.407 e. The maximum Gasteiger partial charge on any atom is 0.407 e. The van der Waals surface area contributed by atoms with Crippen molar-refractivity contribution in [1.82, 2.24) is 5.32 Å². The van der Waals surface area contributed by atoms with Crippen LogP contribution in [0.3, 0.4) is 0 Å². The first-order valence-corrected chi connectivity index (χ1v) is 7.93. The molecule has 0 heterocycles. The minimum Gasteiger partial charge on any atom is -0.444 e. The predicted octanol–water partition coefficient (Wildman–Crippen LogP) is 4.35. The molecule has 0 aromatic heterocycles. The quantitative estimate of drug-likeness (QED) is 0.820. The number of carbonyl (C=O) groups excluding carboxylic acids is 1. The average molecular weight is 308 g/mol. The summed E-state index contributed by atoms with van der Waals surface area (Å²) in [4.78, 5) is 11.6. The number of nitrogens with one attached hydrogen (secondary N) is 2. The minimum absolute atomic E-state index is 0.410. The highest BCUT2D eigenvalue weighted by molar-refractivity contribution is 8.03. The largest absolute Gasteiger partial charge is 0.444 e. The van der Waals surface area contributed by atoms with Gasteiger partial charge in [-0.1, -0.05) is 25.6 Å². The summed E-state index contributed by atoms with van der Waals surface area (Å²) < 4.78 is 5.20. The van der Waals surface area contributed by atoms with Crippen LogP contribution < -0.4 is 10.6 Å². The molecule has 0 aliphatic heterocycles. The SMILES string of the molecule is C=C(Nc1cccc(CNC(=O)OC(C)(C)C)c1)SCC. The summed E-state index contributed by atoms with van der Waals surface area (Å²) in [6.07, 6.45) is -0.410. The van der Waals surface area contributed by atoms with Crippen LogP contribution in [0.4, 0.5) is 10.5 Å². The molecule has 0 aliphatic rings. The fourth-order valence-corrected chi connectivity index (χ4v) is 2.16. The van der Waals surface area contributed by atoms with Gasteiger partial charge in [-0.2, -0.15) is 0 Å². The lowest BCUT2D eigenvalue weighted by molar-refractivity contribution is 0.0523. The minimum atomic E-state index is -0.484. The van der Waals surface area contributed by atoms with Gasteiger partial charge in [0.2, 0.25) is 0 Å². The summed E-state index contributed by atoms with van der Waals surface area (Å²) >= 11 is 1.66. The summed E-state index contributed by atoms with van der Waals surface area (Å²) in [5.41, 5.74) is 1.48. The van der Waals surface area contributed by atoms with Gasteiger partial charge >= 0.3 is 6.09 Å². The summed E-state index contributed by atoms with van der Waals surface area (Å²) in [6.45, 7) is 12.0. The topological polar surface area (TPSA) is 50.4 Å². The van der Waals surface area contributed by atoms with Crippen LogP contribution in [0.1, 0.15) is 33.3 Å². The molecule has 0 radical (unpaired) electrons. The lowest BCUT2D eigenvalue weighted by Crippen LogP contribution is -2.32. The van der Waals surface area contributed by atoms with Gasteiger partial charge in [-0.15, -0.1) is 11.8 Å². The van der Waals surface area contributed by atoms with Crippen LogP contribution in [-0.2, 0) is 11.3 Å². The Kier molecular flexibility index (Phi) is 6.62. The first-order valence-electron chi connectivity index (χ1n) is 6.94. The van der Waals surface area contributed by atoms with E-state index in [0.717, 1.165) is 22.0 Å². The number of thioether (sulfide) groups is 1. The molecule has 2 N–H and O–H groups in total. The van der Waals surface area contributed by atoms with E-state index in [2.05, 4.69) is 24.1 Å². The molecule has 0 unspecified atom stereocenters. The molecule has 4 nitrogen and oxygen atoms in total. The van der Waals surface area contributed by atoms with Crippen molar-refractivity contribution in [3.8, 4) is 0 Å². The second kappa shape index (κ2) is 7.98. The van der Waals surface area contributed by atoms with Gasteiger partial charge in [0.15, 0.2) is 0 Å². The van der Waals surface area contributed by atoms with Crippen molar-refractivity contribution in [2.45, 2.75) is 39.8 Å². The Morgan fingerprint density at radius 2 is 2.10 bits per heavy atom.